The van der Waals surface area contributed by atoms with E-state index in [1.807, 2.05) is 18.2 Å². The SMILES string of the molecule is CN1CCN(Cc2ccoc2C(=O)NN)c2ccccc21. The molecule has 1 aromatic heterocycles. The molecule has 2 heterocycles. The summed E-state index contributed by atoms with van der Waals surface area (Å²) in [7, 11) is 2.08. The van der Waals surface area contributed by atoms with Gasteiger partial charge in [-0.2, -0.15) is 0 Å². The van der Waals surface area contributed by atoms with Crippen molar-refractivity contribution in [2.45, 2.75) is 6.54 Å². The van der Waals surface area contributed by atoms with Crippen LogP contribution in [0.2, 0.25) is 0 Å². The molecule has 2 aromatic rings. The summed E-state index contributed by atoms with van der Waals surface area (Å²) >= 11 is 0. The molecule has 0 saturated heterocycles. The normalized spacial score (nSPS) is 14.0. The maximum Gasteiger partial charge on any atom is 0.301 e. The lowest BCUT2D eigenvalue weighted by Gasteiger charge is -2.36. The van der Waals surface area contributed by atoms with Crippen LogP contribution in [0.25, 0.3) is 0 Å². The lowest BCUT2D eigenvalue weighted by atomic mass is 10.1. The number of anilines is 2. The van der Waals surface area contributed by atoms with Gasteiger partial charge in [-0.15, -0.1) is 0 Å². The number of nitrogen functional groups attached to an aromatic ring is 1. The molecule has 0 fully saturated rings. The van der Waals surface area contributed by atoms with Crippen LogP contribution >= 0.6 is 0 Å². The first-order valence-corrected chi connectivity index (χ1v) is 6.83. The van der Waals surface area contributed by atoms with Gasteiger partial charge in [0.1, 0.15) is 0 Å². The van der Waals surface area contributed by atoms with E-state index in [1.54, 1.807) is 0 Å². The summed E-state index contributed by atoms with van der Waals surface area (Å²) in [4.78, 5) is 16.2. The molecule has 3 rings (SSSR count). The minimum atomic E-state index is -0.405. The molecule has 0 unspecified atom stereocenters. The molecule has 1 aliphatic heterocycles. The lowest BCUT2D eigenvalue weighted by molar-refractivity contribution is 0.0924. The van der Waals surface area contributed by atoms with Crippen molar-refractivity contribution in [2.24, 2.45) is 5.84 Å². The number of fused-ring (bicyclic) bond motifs is 1. The Labute approximate surface area is 123 Å². The van der Waals surface area contributed by atoms with Crippen molar-refractivity contribution >= 4 is 17.3 Å². The number of amides is 1. The number of para-hydroxylation sites is 2. The predicted molar refractivity (Wildman–Crippen MR) is 81.1 cm³/mol. The molecule has 1 aliphatic rings. The number of nitrogens with zero attached hydrogens (tertiary/aromatic N) is 2. The Kier molecular flexibility index (Phi) is 3.53. The number of furan rings is 1. The summed E-state index contributed by atoms with van der Waals surface area (Å²) < 4.78 is 5.24. The molecule has 0 atom stereocenters. The van der Waals surface area contributed by atoms with E-state index in [4.69, 9.17) is 10.3 Å². The van der Waals surface area contributed by atoms with Gasteiger partial charge in [0.25, 0.3) is 0 Å². The van der Waals surface area contributed by atoms with Crippen molar-refractivity contribution in [3.8, 4) is 0 Å². The van der Waals surface area contributed by atoms with Crippen molar-refractivity contribution in [1.29, 1.82) is 0 Å². The number of hydrogen-bond acceptors (Lipinski definition) is 5. The zero-order valence-electron chi connectivity index (χ0n) is 11.9. The van der Waals surface area contributed by atoms with Crippen LogP contribution in [0, 0.1) is 0 Å². The van der Waals surface area contributed by atoms with Crippen LogP contribution in [0.5, 0.6) is 0 Å². The molecular weight excluding hydrogens is 268 g/mol. The highest BCUT2D eigenvalue weighted by Gasteiger charge is 2.22. The first-order chi connectivity index (χ1) is 10.2. The molecule has 0 saturated carbocycles. The maximum atomic E-state index is 11.7. The second kappa shape index (κ2) is 5.49. The molecule has 21 heavy (non-hydrogen) atoms. The third-order valence-electron chi connectivity index (χ3n) is 3.78. The average molecular weight is 286 g/mol. The fourth-order valence-corrected chi connectivity index (χ4v) is 2.66. The van der Waals surface area contributed by atoms with Crippen LogP contribution in [-0.2, 0) is 6.54 Å². The van der Waals surface area contributed by atoms with Crippen LogP contribution in [0.4, 0.5) is 11.4 Å². The van der Waals surface area contributed by atoms with Crippen LogP contribution < -0.4 is 21.1 Å². The monoisotopic (exact) mass is 286 g/mol. The van der Waals surface area contributed by atoms with Crippen LogP contribution in [0.15, 0.2) is 41.0 Å². The summed E-state index contributed by atoms with van der Waals surface area (Å²) in [5, 5.41) is 0. The number of benzene rings is 1. The van der Waals surface area contributed by atoms with Crippen molar-refractivity contribution in [3.63, 3.8) is 0 Å². The van der Waals surface area contributed by atoms with Gasteiger partial charge in [-0.3, -0.25) is 10.2 Å². The molecule has 1 aromatic carbocycles. The van der Waals surface area contributed by atoms with E-state index in [9.17, 15) is 4.79 Å². The Morgan fingerprint density at radius 3 is 2.81 bits per heavy atom. The summed E-state index contributed by atoms with van der Waals surface area (Å²) in [6, 6.07) is 10.1. The predicted octanol–water partition coefficient (Wildman–Crippen LogP) is 1.34. The van der Waals surface area contributed by atoms with E-state index in [2.05, 4.69) is 34.4 Å². The van der Waals surface area contributed by atoms with E-state index in [-0.39, 0.29) is 5.76 Å². The van der Waals surface area contributed by atoms with Gasteiger partial charge in [0.2, 0.25) is 0 Å². The zero-order chi connectivity index (χ0) is 14.8. The summed E-state index contributed by atoms with van der Waals surface area (Å²) in [5.74, 6) is 5.05. The molecule has 6 nitrogen and oxygen atoms in total. The molecule has 0 aliphatic carbocycles. The molecule has 6 heteroatoms. The highest BCUT2D eigenvalue weighted by atomic mass is 16.3. The molecule has 3 N–H and O–H groups in total. The topological polar surface area (TPSA) is 74.7 Å². The number of nitrogens with two attached hydrogens (primary N) is 1. The van der Waals surface area contributed by atoms with Gasteiger partial charge < -0.3 is 14.2 Å². The Morgan fingerprint density at radius 1 is 1.29 bits per heavy atom. The largest absolute Gasteiger partial charge is 0.459 e. The molecule has 0 bridgehead atoms. The van der Waals surface area contributed by atoms with Crippen LogP contribution in [0.3, 0.4) is 0 Å². The summed E-state index contributed by atoms with van der Waals surface area (Å²) in [6.45, 7) is 2.44. The Hall–Kier alpha value is -2.47. The number of rotatable bonds is 3. The highest BCUT2D eigenvalue weighted by molar-refractivity contribution is 5.92. The van der Waals surface area contributed by atoms with Crippen LogP contribution in [-0.4, -0.2) is 26.0 Å². The van der Waals surface area contributed by atoms with Gasteiger partial charge in [0.05, 0.1) is 17.6 Å². The highest BCUT2D eigenvalue weighted by Crippen LogP contribution is 2.33. The number of carbonyl (C=O) groups excluding carboxylic acids is 1. The summed E-state index contributed by atoms with van der Waals surface area (Å²) in [5.41, 5.74) is 5.29. The number of nitrogens with one attached hydrogen (secondary N) is 1. The Balaban J connectivity index is 1.88. The smallest absolute Gasteiger partial charge is 0.301 e. The van der Waals surface area contributed by atoms with Crippen molar-refractivity contribution in [1.82, 2.24) is 5.43 Å². The molecule has 0 radical (unpaired) electrons. The minimum Gasteiger partial charge on any atom is -0.459 e. The fourth-order valence-electron chi connectivity index (χ4n) is 2.66. The number of hydrogen-bond donors (Lipinski definition) is 2. The van der Waals surface area contributed by atoms with Gasteiger partial charge in [0, 0.05) is 32.2 Å². The standard InChI is InChI=1S/C15H18N4O2/c1-18-7-8-19(13-5-3-2-4-12(13)18)10-11-6-9-21-14(11)15(20)17-16/h2-6,9H,7-8,10,16H2,1H3,(H,17,20). The molecular formula is C15H18N4O2. The molecule has 0 spiro atoms. The van der Waals surface area contributed by atoms with Gasteiger partial charge >= 0.3 is 5.91 Å². The van der Waals surface area contributed by atoms with Gasteiger partial charge in [0.15, 0.2) is 5.76 Å². The zero-order valence-corrected chi connectivity index (χ0v) is 11.9. The van der Waals surface area contributed by atoms with Gasteiger partial charge in [-0.25, -0.2) is 5.84 Å². The third kappa shape index (κ3) is 2.45. The van der Waals surface area contributed by atoms with Crippen molar-refractivity contribution in [3.05, 3.63) is 47.9 Å². The maximum absolute atomic E-state index is 11.7. The van der Waals surface area contributed by atoms with E-state index >= 15 is 0 Å². The molecule has 110 valence electrons. The third-order valence-corrected chi connectivity index (χ3v) is 3.78. The Bertz CT molecular complexity index is 653. The number of carbonyl (C=O) groups is 1. The Morgan fingerprint density at radius 2 is 2.05 bits per heavy atom. The van der Waals surface area contributed by atoms with E-state index in [1.165, 1.54) is 12.0 Å². The second-order valence-electron chi connectivity index (χ2n) is 5.08. The van der Waals surface area contributed by atoms with Crippen molar-refractivity contribution in [2.75, 3.05) is 29.9 Å². The number of hydrazine groups is 1. The van der Waals surface area contributed by atoms with Crippen molar-refractivity contribution < 1.29 is 9.21 Å². The quantitative estimate of drug-likeness (QED) is 0.506. The average Bonchev–Trinajstić information content (AvgIpc) is 2.98. The first-order valence-electron chi connectivity index (χ1n) is 6.83. The molecule has 1 amide bonds. The van der Waals surface area contributed by atoms with Gasteiger partial charge in [-0.1, -0.05) is 12.1 Å². The van der Waals surface area contributed by atoms with E-state index < -0.39 is 5.91 Å². The van der Waals surface area contributed by atoms with E-state index in [0.29, 0.717) is 6.54 Å². The fraction of sp³-hybridized carbons (Fsp3) is 0.267. The minimum absolute atomic E-state index is 0.272. The second-order valence-corrected chi connectivity index (χ2v) is 5.08. The number of likely N-dealkylation sites (N-methyl/N-ethyl adjacent to an activating group) is 1. The summed E-state index contributed by atoms with van der Waals surface area (Å²) in [6.07, 6.45) is 1.52. The lowest BCUT2D eigenvalue weighted by Crippen LogP contribution is -2.39. The van der Waals surface area contributed by atoms with Crippen LogP contribution in [0.1, 0.15) is 16.1 Å². The van der Waals surface area contributed by atoms with E-state index in [0.717, 1.165) is 24.3 Å². The first kappa shape index (κ1) is 13.5. The van der Waals surface area contributed by atoms with Gasteiger partial charge in [-0.05, 0) is 18.2 Å².